The Labute approximate surface area is 96.6 Å². The maximum Gasteiger partial charge on any atom is 0.137 e. The second-order valence-electron chi connectivity index (χ2n) is 3.02. The van der Waals surface area contributed by atoms with Crippen molar-refractivity contribution in [3.8, 4) is 17.1 Å². The summed E-state index contributed by atoms with van der Waals surface area (Å²) in [5.74, 6) is 1.71. The molecule has 78 valence electrons. The van der Waals surface area contributed by atoms with E-state index in [4.69, 9.17) is 4.74 Å². The first kappa shape index (κ1) is 10.2. The van der Waals surface area contributed by atoms with Gasteiger partial charge in [0.15, 0.2) is 0 Å². The maximum absolute atomic E-state index is 5.43. The Hall–Kier alpha value is -1.29. The van der Waals surface area contributed by atoms with Crippen LogP contribution in [0.2, 0.25) is 0 Å². The Bertz CT molecular complexity index is 440. The van der Waals surface area contributed by atoms with Gasteiger partial charge in [-0.1, -0.05) is 0 Å². The van der Waals surface area contributed by atoms with Crippen molar-refractivity contribution in [1.82, 2.24) is 9.97 Å². The van der Waals surface area contributed by atoms with E-state index < -0.39 is 0 Å². The number of hydrogen-bond donors (Lipinski definition) is 1. The van der Waals surface area contributed by atoms with Gasteiger partial charge in [0.05, 0.1) is 11.1 Å². The molecule has 1 aromatic carbocycles. The first-order valence-corrected chi connectivity index (χ1v) is 5.52. The largest absolute Gasteiger partial charge is 0.493 e. The number of rotatable bonds is 3. The fraction of sp³-hybridized carbons (Fsp3) is 0.182. The molecule has 0 atom stereocenters. The summed E-state index contributed by atoms with van der Waals surface area (Å²) < 4.78 is 6.37. The highest BCUT2D eigenvalue weighted by molar-refractivity contribution is 9.10. The SMILES string of the molecule is CCOc1ccc(-c2ncc[nH]2)cc1Br. The van der Waals surface area contributed by atoms with Gasteiger partial charge in [-0.25, -0.2) is 4.98 Å². The molecule has 1 N–H and O–H groups in total. The van der Waals surface area contributed by atoms with Crippen LogP contribution in [0.1, 0.15) is 6.92 Å². The van der Waals surface area contributed by atoms with Crippen LogP contribution in [0.15, 0.2) is 35.1 Å². The van der Waals surface area contributed by atoms with E-state index in [-0.39, 0.29) is 0 Å². The molecule has 2 aromatic rings. The van der Waals surface area contributed by atoms with E-state index in [1.54, 1.807) is 12.4 Å². The summed E-state index contributed by atoms with van der Waals surface area (Å²) in [5, 5.41) is 0. The Balaban J connectivity index is 2.33. The van der Waals surface area contributed by atoms with Crippen LogP contribution in [0.5, 0.6) is 5.75 Å². The van der Waals surface area contributed by atoms with Crippen molar-refractivity contribution in [1.29, 1.82) is 0 Å². The van der Waals surface area contributed by atoms with Crippen molar-refractivity contribution >= 4 is 15.9 Å². The third-order valence-electron chi connectivity index (χ3n) is 2.00. The molecule has 15 heavy (non-hydrogen) atoms. The van der Waals surface area contributed by atoms with E-state index in [0.29, 0.717) is 6.61 Å². The minimum Gasteiger partial charge on any atom is -0.493 e. The average molecular weight is 267 g/mol. The van der Waals surface area contributed by atoms with Crippen molar-refractivity contribution in [3.05, 3.63) is 35.1 Å². The van der Waals surface area contributed by atoms with Gasteiger partial charge in [-0.2, -0.15) is 0 Å². The van der Waals surface area contributed by atoms with Gasteiger partial charge >= 0.3 is 0 Å². The van der Waals surface area contributed by atoms with Crippen molar-refractivity contribution < 1.29 is 4.74 Å². The lowest BCUT2D eigenvalue weighted by Gasteiger charge is -2.06. The van der Waals surface area contributed by atoms with Crippen molar-refractivity contribution in [2.75, 3.05) is 6.61 Å². The van der Waals surface area contributed by atoms with Gasteiger partial charge in [0.25, 0.3) is 0 Å². The Morgan fingerprint density at radius 3 is 2.93 bits per heavy atom. The molecule has 0 fully saturated rings. The molecular weight excluding hydrogens is 256 g/mol. The summed E-state index contributed by atoms with van der Waals surface area (Å²) in [6, 6.07) is 5.91. The Kier molecular flexibility index (Phi) is 3.06. The van der Waals surface area contributed by atoms with Crippen LogP contribution in [-0.2, 0) is 0 Å². The summed E-state index contributed by atoms with van der Waals surface area (Å²) in [6.45, 7) is 2.63. The van der Waals surface area contributed by atoms with Gasteiger partial charge in [0, 0.05) is 18.0 Å². The molecule has 4 heteroatoms. The van der Waals surface area contributed by atoms with Crippen LogP contribution in [0.4, 0.5) is 0 Å². The monoisotopic (exact) mass is 266 g/mol. The number of aromatic nitrogens is 2. The standard InChI is InChI=1S/C11H11BrN2O/c1-2-15-10-4-3-8(7-9(10)12)11-13-5-6-14-11/h3-7H,2H2,1H3,(H,13,14). The minimum absolute atomic E-state index is 0.665. The number of benzene rings is 1. The van der Waals surface area contributed by atoms with Gasteiger partial charge < -0.3 is 9.72 Å². The predicted octanol–water partition coefficient (Wildman–Crippen LogP) is 3.24. The topological polar surface area (TPSA) is 37.9 Å². The van der Waals surface area contributed by atoms with Crippen LogP contribution in [-0.4, -0.2) is 16.6 Å². The fourth-order valence-corrected chi connectivity index (χ4v) is 1.84. The number of H-pyrrole nitrogens is 1. The molecule has 1 aromatic heterocycles. The first-order chi connectivity index (χ1) is 7.31. The van der Waals surface area contributed by atoms with Crippen LogP contribution in [0, 0.1) is 0 Å². The third-order valence-corrected chi connectivity index (χ3v) is 2.62. The molecule has 0 radical (unpaired) electrons. The van der Waals surface area contributed by atoms with E-state index >= 15 is 0 Å². The number of imidazole rings is 1. The van der Waals surface area contributed by atoms with Crippen LogP contribution in [0.25, 0.3) is 11.4 Å². The lowest BCUT2D eigenvalue weighted by Crippen LogP contribution is -1.92. The highest BCUT2D eigenvalue weighted by Crippen LogP contribution is 2.29. The van der Waals surface area contributed by atoms with Crippen LogP contribution < -0.4 is 4.74 Å². The van der Waals surface area contributed by atoms with Gasteiger partial charge in [-0.15, -0.1) is 0 Å². The summed E-state index contributed by atoms with van der Waals surface area (Å²) in [4.78, 5) is 7.25. The number of aromatic amines is 1. The third kappa shape index (κ3) is 2.21. The molecule has 0 amide bonds. The molecule has 0 bridgehead atoms. The molecule has 0 aliphatic heterocycles. The average Bonchev–Trinajstić information content (AvgIpc) is 2.74. The summed E-state index contributed by atoms with van der Waals surface area (Å²) in [5.41, 5.74) is 1.04. The Morgan fingerprint density at radius 1 is 1.47 bits per heavy atom. The number of ether oxygens (including phenoxy) is 1. The van der Waals surface area contributed by atoms with E-state index in [0.717, 1.165) is 21.6 Å². The number of nitrogens with zero attached hydrogens (tertiary/aromatic N) is 1. The number of nitrogens with one attached hydrogen (secondary N) is 1. The second-order valence-corrected chi connectivity index (χ2v) is 3.87. The van der Waals surface area contributed by atoms with E-state index in [1.807, 2.05) is 25.1 Å². The maximum atomic E-state index is 5.43. The smallest absolute Gasteiger partial charge is 0.137 e. The molecule has 0 aliphatic carbocycles. The second kappa shape index (κ2) is 4.49. The van der Waals surface area contributed by atoms with Gasteiger partial charge in [0.1, 0.15) is 11.6 Å². The number of hydrogen-bond acceptors (Lipinski definition) is 2. The summed E-state index contributed by atoms with van der Waals surface area (Å²) in [7, 11) is 0. The Morgan fingerprint density at radius 2 is 2.33 bits per heavy atom. The van der Waals surface area contributed by atoms with E-state index in [1.165, 1.54) is 0 Å². The molecule has 0 spiro atoms. The molecule has 0 unspecified atom stereocenters. The number of halogens is 1. The van der Waals surface area contributed by atoms with Gasteiger partial charge in [-0.3, -0.25) is 0 Å². The molecule has 0 aliphatic rings. The fourth-order valence-electron chi connectivity index (χ4n) is 1.34. The quantitative estimate of drug-likeness (QED) is 0.927. The van der Waals surface area contributed by atoms with Gasteiger partial charge in [-0.05, 0) is 41.1 Å². The zero-order chi connectivity index (χ0) is 10.7. The van der Waals surface area contributed by atoms with Crippen LogP contribution >= 0.6 is 15.9 Å². The summed E-state index contributed by atoms with van der Waals surface area (Å²) >= 11 is 3.47. The zero-order valence-corrected chi connectivity index (χ0v) is 9.91. The van der Waals surface area contributed by atoms with Crippen molar-refractivity contribution in [2.24, 2.45) is 0 Å². The highest BCUT2D eigenvalue weighted by Gasteiger charge is 2.04. The zero-order valence-electron chi connectivity index (χ0n) is 8.33. The lowest BCUT2D eigenvalue weighted by atomic mass is 10.2. The molecule has 2 rings (SSSR count). The normalized spacial score (nSPS) is 10.3. The lowest BCUT2D eigenvalue weighted by molar-refractivity contribution is 0.338. The van der Waals surface area contributed by atoms with Crippen molar-refractivity contribution in [3.63, 3.8) is 0 Å². The molecule has 1 heterocycles. The molecule has 0 saturated carbocycles. The summed E-state index contributed by atoms with van der Waals surface area (Å²) in [6.07, 6.45) is 3.54. The molecule has 0 saturated heterocycles. The van der Waals surface area contributed by atoms with E-state index in [2.05, 4.69) is 25.9 Å². The highest BCUT2D eigenvalue weighted by atomic mass is 79.9. The van der Waals surface area contributed by atoms with Gasteiger partial charge in [0.2, 0.25) is 0 Å². The molecule has 3 nitrogen and oxygen atoms in total. The first-order valence-electron chi connectivity index (χ1n) is 4.73. The molecular formula is C11H11BrN2O. The van der Waals surface area contributed by atoms with Crippen LogP contribution in [0.3, 0.4) is 0 Å². The van der Waals surface area contributed by atoms with E-state index in [9.17, 15) is 0 Å². The minimum atomic E-state index is 0.665. The predicted molar refractivity (Wildman–Crippen MR) is 62.9 cm³/mol. The van der Waals surface area contributed by atoms with Crippen molar-refractivity contribution in [2.45, 2.75) is 6.92 Å².